The lowest BCUT2D eigenvalue weighted by Crippen LogP contribution is -2.46. The highest BCUT2D eigenvalue weighted by atomic mass is 35.5. The summed E-state index contributed by atoms with van der Waals surface area (Å²) < 4.78 is 4.48. The first-order valence-electron chi connectivity index (χ1n) is 9.50. The molecule has 146 valence electrons. The molecule has 4 rings (SSSR count). The van der Waals surface area contributed by atoms with Crippen molar-refractivity contribution in [1.29, 1.82) is 0 Å². The number of fused-ring (bicyclic) bond motifs is 1. The molecular weight excluding hydrogens is 392 g/mol. The van der Waals surface area contributed by atoms with Gasteiger partial charge in [-0.05, 0) is 35.7 Å². The Morgan fingerprint density at radius 1 is 1.14 bits per heavy atom. The van der Waals surface area contributed by atoms with E-state index in [2.05, 4.69) is 37.7 Å². The fourth-order valence-electron chi connectivity index (χ4n) is 3.50. The number of rotatable bonds is 6. The molecule has 0 aliphatic carbocycles. The van der Waals surface area contributed by atoms with E-state index in [9.17, 15) is 4.79 Å². The van der Waals surface area contributed by atoms with Crippen LogP contribution in [0.3, 0.4) is 0 Å². The fraction of sp³-hybridized carbons (Fsp3) is 0.333. The predicted molar refractivity (Wildman–Crippen MR) is 116 cm³/mol. The summed E-state index contributed by atoms with van der Waals surface area (Å²) in [7, 11) is 0. The van der Waals surface area contributed by atoms with Gasteiger partial charge in [0.15, 0.2) is 0 Å². The quantitative estimate of drug-likeness (QED) is 0.444. The maximum absolute atomic E-state index is 11.5. The number of piperazine rings is 1. The summed E-state index contributed by atoms with van der Waals surface area (Å²) in [6.07, 6.45) is 3.31. The first-order chi connectivity index (χ1) is 13.7. The molecule has 1 N–H and O–H groups in total. The zero-order chi connectivity index (χ0) is 19.3. The molecule has 0 bridgehead atoms. The van der Waals surface area contributed by atoms with E-state index in [1.54, 1.807) is 0 Å². The van der Waals surface area contributed by atoms with Gasteiger partial charge in [-0.25, -0.2) is 4.40 Å². The van der Waals surface area contributed by atoms with E-state index in [1.807, 2.05) is 30.6 Å². The molecule has 1 fully saturated rings. The number of nitrogens with one attached hydrogen (secondary N) is 1. The molecule has 0 saturated carbocycles. The van der Waals surface area contributed by atoms with Crippen molar-refractivity contribution in [3.05, 3.63) is 58.6 Å². The van der Waals surface area contributed by atoms with Crippen LogP contribution in [0.5, 0.6) is 0 Å². The van der Waals surface area contributed by atoms with Crippen LogP contribution in [0.2, 0.25) is 5.02 Å². The van der Waals surface area contributed by atoms with Gasteiger partial charge in [-0.1, -0.05) is 35.9 Å². The third-order valence-corrected chi connectivity index (χ3v) is 6.15. The van der Waals surface area contributed by atoms with Crippen LogP contribution in [0.15, 0.2) is 51.8 Å². The van der Waals surface area contributed by atoms with Crippen LogP contribution in [-0.4, -0.2) is 54.8 Å². The number of hydrogen-bond donors (Lipinski definition) is 1. The summed E-state index contributed by atoms with van der Waals surface area (Å²) in [5, 5.41) is 3.59. The monoisotopic (exact) mass is 414 g/mol. The Kier molecular flexibility index (Phi) is 6.20. The molecule has 1 saturated heterocycles. The zero-order valence-corrected chi connectivity index (χ0v) is 17.2. The van der Waals surface area contributed by atoms with Crippen molar-refractivity contribution in [2.75, 3.05) is 38.0 Å². The maximum atomic E-state index is 11.5. The van der Waals surface area contributed by atoms with Gasteiger partial charge in [0.2, 0.25) is 5.91 Å². The Balaban J connectivity index is 1.23. The van der Waals surface area contributed by atoms with Crippen molar-refractivity contribution in [2.24, 2.45) is 4.40 Å². The average Bonchev–Trinajstić information content (AvgIpc) is 3.06. The number of amides is 1. The molecule has 1 amide bonds. The van der Waals surface area contributed by atoms with Crippen LogP contribution in [0.4, 0.5) is 5.69 Å². The van der Waals surface area contributed by atoms with Crippen molar-refractivity contribution in [3.8, 4) is 0 Å². The fourth-order valence-corrected chi connectivity index (χ4v) is 4.34. The van der Waals surface area contributed by atoms with E-state index in [0.717, 1.165) is 65.9 Å². The van der Waals surface area contributed by atoms with Crippen molar-refractivity contribution in [1.82, 2.24) is 9.80 Å². The van der Waals surface area contributed by atoms with Crippen LogP contribution < -0.4 is 5.32 Å². The number of anilines is 1. The van der Waals surface area contributed by atoms with Crippen LogP contribution in [0.1, 0.15) is 11.1 Å². The Bertz CT molecular complexity index is 866. The minimum absolute atomic E-state index is 0.0476. The third-order valence-electron chi connectivity index (χ3n) is 5.11. The second-order valence-corrected chi connectivity index (χ2v) is 8.35. The first-order valence-corrected chi connectivity index (χ1v) is 10.7. The van der Waals surface area contributed by atoms with Crippen molar-refractivity contribution in [3.63, 3.8) is 0 Å². The van der Waals surface area contributed by atoms with Gasteiger partial charge < -0.3 is 10.2 Å². The van der Waals surface area contributed by atoms with Crippen LogP contribution in [-0.2, 0) is 17.6 Å². The number of halogens is 1. The first kappa shape index (κ1) is 19.3. The second-order valence-electron chi connectivity index (χ2n) is 7.08. The molecule has 0 unspecified atom stereocenters. The molecule has 2 heterocycles. The van der Waals surface area contributed by atoms with Crippen molar-refractivity contribution < 1.29 is 4.79 Å². The topological polar surface area (TPSA) is 47.9 Å². The number of hydrogen-bond acceptors (Lipinski definition) is 4. The predicted octanol–water partition coefficient (Wildman–Crippen LogP) is 3.73. The third kappa shape index (κ3) is 4.87. The standard InChI is InChI=1S/C21H23ClN4OS/c22-19-14-20-17(13-21(27)24-20)12-16(19)6-7-25-8-10-26(11-9-25)15-23-28-18-4-2-1-3-5-18/h1-5,12,14-15H,6-11,13H2,(H,24,27)/b23-15+. The molecule has 2 aliphatic heterocycles. The van der Waals surface area contributed by atoms with Gasteiger partial charge >= 0.3 is 0 Å². The maximum Gasteiger partial charge on any atom is 0.228 e. The lowest BCUT2D eigenvalue weighted by Gasteiger charge is -2.33. The van der Waals surface area contributed by atoms with Gasteiger partial charge in [0.05, 0.1) is 12.8 Å². The Morgan fingerprint density at radius 2 is 1.93 bits per heavy atom. The van der Waals surface area contributed by atoms with E-state index in [0.29, 0.717) is 6.42 Å². The van der Waals surface area contributed by atoms with Crippen LogP contribution >= 0.6 is 23.5 Å². The Morgan fingerprint density at radius 3 is 2.71 bits per heavy atom. The number of benzene rings is 2. The molecule has 2 aromatic carbocycles. The smallest absolute Gasteiger partial charge is 0.228 e. The molecule has 5 nitrogen and oxygen atoms in total. The van der Waals surface area contributed by atoms with Gasteiger partial charge in [-0.3, -0.25) is 9.69 Å². The van der Waals surface area contributed by atoms with Crippen molar-refractivity contribution in [2.45, 2.75) is 17.7 Å². The molecule has 0 radical (unpaired) electrons. The molecule has 0 spiro atoms. The minimum Gasteiger partial charge on any atom is -0.359 e. The van der Waals surface area contributed by atoms with E-state index in [4.69, 9.17) is 11.6 Å². The van der Waals surface area contributed by atoms with Gasteiger partial charge in [0, 0.05) is 60.3 Å². The Hall–Kier alpha value is -2.02. The number of carbonyl (C=O) groups excluding carboxylic acids is 1. The number of carbonyl (C=O) groups is 1. The molecular formula is C21H23ClN4OS. The molecule has 2 aliphatic rings. The summed E-state index contributed by atoms with van der Waals surface area (Å²) in [4.78, 5) is 17.4. The largest absolute Gasteiger partial charge is 0.359 e. The highest BCUT2D eigenvalue weighted by molar-refractivity contribution is 7.98. The van der Waals surface area contributed by atoms with Crippen LogP contribution in [0, 0.1) is 0 Å². The Labute approximate surface area is 174 Å². The summed E-state index contributed by atoms with van der Waals surface area (Å²) in [6.45, 7) is 4.98. The summed E-state index contributed by atoms with van der Waals surface area (Å²) in [5.41, 5.74) is 3.04. The average molecular weight is 415 g/mol. The lowest BCUT2D eigenvalue weighted by atomic mass is 10.1. The highest BCUT2D eigenvalue weighted by Gasteiger charge is 2.20. The van der Waals surface area contributed by atoms with E-state index in [1.165, 1.54) is 11.9 Å². The molecule has 2 aromatic rings. The van der Waals surface area contributed by atoms with E-state index >= 15 is 0 Å². The van der Waals surface area contributed by atoms with Gasteiger partial charge in [-0.15, -0.1) is 0 Å². The summed E-state index contributed by atoms with van der Waals surface area (Å²) in [6, 6.07) is 14.2. The molecule has 7 heteroatoms. The number of nitrogens with zero attached hydrogens (tertiary/aromatic N) is 3. The van der Waals surface area contributed by atoms with E-state index in [-0.39, 0.29) is 5.91 Å². The van der Waals surface area contributed by atoms with Crippen molar-refractivity contribution >= 4 is 41.5 Å². The molecule has 0 atom stereocenters. The van der Waals surface area contributed by atoms with Gasteiger partial charge in [0.1, 0.15) is 0 Å². The summed E-state index contributed by atoms with van der Waals surface area (Å²) in [5.74, 6) is 0.0476. The van der Waals surface area contributed by atoms with Gasteiger partial charge in [-0.2, -0.15) is 0 Å². The van der Waals surface area contributed by atoms with Crippen LogP contribution in [0.25, 0.3) is 0 Å². The minimum atomic E-state index is 0.0476. The van der Waals surface area contributed by atoms with E-state index < -0.39 is 0 Å². The lowest BCUT2D eigenvalue weighted by molar-refractivity contribution is -0.115. The highest BCUT2D eigenvalue weighted by Crippen LogP contribution is 2.30. The normalized spacial score (nSPS) is 17.2. The molecule has 28 heavy (non-hydrogen) atoms. The second kappa shape index (κ2) is 8.99. The SMILES string of the molecule is O=C1Cc2cc(CCN3CCN(/C=N/Sc4ccccc4)CC3)c(Cl)cc2N1. The zero-order valence-electron chi connectivity index (χ0n) is 15.6. The van der Waals surface area contributed by atoms with Gasteiger partial charge in [0.25, 0.3) is 0 Å². The molecule has 0 aromatic heterocycles. The summed E-state index contributed by atoms with van der Waals surface area (Å²) >= 11 is 7.91.